The minimum absolute atomic E-state index is 0.0252. The summed E-state index contributed by atoms with van der Waals surface area (Å²) < 4.78 is 41.0. The maximum absolute atomic E-state index is 13.1. The van der Waals surface area contributed by atoms with Gasteiger partial charge in [0, 0.05) is 18.9 Å². The van der Waals surface area contributed by atoms with Crippen LogP contribution < -0.4 is 5.32 Å². The molecule has 2 rings (SSSR count). The molecular formula is C18H22F3N3O. The van der Waals surface area contributed by atoms with Crippen LogP contribution in [-0.4, -0.2) is 21.5 Å². The Morgan fingerprint density at radius 2 is 1.92 bits per heavy atom. The molecule has 1 atom stereocenters. The maximum atomic E-state index is 13.1. The Kier molecular flexibility index (Phi) is 5.55. The van der Waals surface area contributed by atoms with Crippen LogP contribution in [0.25, 0.3) is 0 Å². The van der Waals surface area contributed by atoms with Crippen molar-refractivity contribution in [1.82, 2.24) is 14.9 Å². The Morgan fingerprint density at radius 3 is 2.48 bits per heavy atom. The average Bonchev–Trinajstić information content (AvgIpc) is 2.98. The van der Waals surface area contributed by atoms with Crippen molar-refractivity contribution >= 4 is 5.91 Å². The van der Waals surface area contributed by atoms with E-state index in [1.54, 1.807) is 18.7 Å². The Morgan fingerprint density at radius 1 is 1.24 bits per heavy atom. The first-order valence-electron chi connectivity index (χ1n) is 7.97. The number of aromatic nitrogens is 2. The number of alkyl halides is 3. The number of imidazole rings is 1. The van der Waals surface area contributed by atoms with Gasteiger partial charge in [-0.1, -0.05) is 39.0 Å². The number of carbonyl (C=O) groups is 1. The third kappa shape index (κ3) is 5.34. The van der Waals surface area contributed by atoms with Crippen LogP contribution in [0.3, 0.4) is 0 Å². The van der Waals surface area contributed by atoms with E-state index in [2.05, 4.69) is 10.3 Å². The lowest BCUT2D eigenvalue weighted by atomic mass is 9.86. The molecule has 1 aromatic carbocycles. The zero-order chi connectivity index (χ0) is 18.7. The molecule has 0 bridgehead atoms. The van der Waals surface area contributed by atoms with Gasteiger partial charge in [0.05, 0.1) is 24.4 Å². The number of hydrogen-bond acceptors (Lipinski definition) is 2. The molecule has 0 aliphatic carbocycles. The summed E-state index contributed by atoms with van der Waals surface area (Å²) in [6.07, 6.45) is 0.276. The van der Waals surface area contributed by atoms with Crippen molar-refractivity contribution in [3.8, 4) is 0 Å². The first-order chi connectivity index (χ1) is 11.6. The number of nitrogens with one attached hydrogen (secondary N) is 1. The van der Waals surface area contributed by atoms with E-state index in [4.69, 9.17) is 0 Å². The molecular weight excluding hydrogens is 331 g/mol. The van der Waals surface area contributed by atoms with Crippen molar-refractivity contribution in [3.63, 3.8) is 0 Å². The second-order valence-corrected chi connectivity index (χ2v) is 7.08. The fourth-order valence-corrected chi connectivity index (χ4v) is 2.51. The van der Waals surface area contributed by atoms with Gasteiger partial charge in [0.2, 0.25) is 5.91 Å². The lowest BCUT2D eigenvalue weighted by Crippen LogP contribution is -2.46. The molecule has 25 heavy (non-hydrogen) atoms. The molecule has 0 unspecified atom stereocenters. The molecule has 0 spiro atoms. The monoisotopic (exact) mass is 353 g/mol. The van der Waals surface area contributed by atoms with Gasteiger partial charge in [-0.15, -0.1) is 0 Å². The van der Waals surface area contributed by atoms with Crippen LogP contribution >= 0.6 is 0 Å². The van der Waals surface area contributed by atoms with Gasteiger partial charge < -0.3 is 9.88 Å². The number of halogens is 3. The zero-order valence-electron chi connectivity index (χ0n) is 14.5. The first-order valence-corrected chi connectivity index (χ1v) is 7.97. The molecule has 0 saturated heterocycles. The Labute approximate surface area is 145 Å². The fraction of sp³-hybridized carbons (Fsp3) is 0.444. The van der Waals surface area contributed by atoms with Crippen molar-refractivity contribution < 1.29 is 18.0 Å². The molecule has 1 aromatic heterocycles. The summed E-state index contributed by atoms with van der Waals surface area (Å²) >= 11 is 0. The highest BCUT2D eigenvalue weighted by atomic mass is 19.4. The van der Waals surface area contributed by atoms with E-state index in [-0.39, 0.29) is 23.4 Å². The molecule has 1 amide bonds. The molecule has 4 nitrogen and oxygen atoms in total. The molecule has 1 N–H and O–H groups in total. The van der Waals surface area contributed by atoms with Gasteiger partial charge in [0.25, 0.3) is 0 Å². The van der Waals surface area contributed by atoms with Gasteiger partial charge >= 0.3 is 6.18 Å². The minimum atomic E-state index is -4.48. The SMILES string of the molecule is CC(C)(C)[C@H](Cn1ccnc1)NC(=O)Cc1ccccc1C(F)(F)F. The lowest BCUT2D eigenvalue weighted by molar-refractivity contribution is -0.138. The van der Waals surface area contributed by atoms with E-state index in [1.807, 2.05) is 25.3 Å². The van der Waals surface area contributed by atoms with Gasteiger partial charge in [0.15, 0.2) is 0 Å². The van der Waals surface area contributed by atoms with E-state index in [0.717, 1.165) is 6.07 Å². The van der Waals surface area contributed by atoms with Crippen LogP contribution in [0.5, 0.6) is 0 Å². The third-order valence-electron chi connectivity index (χ3n) is 4.01. The van der Waals surface area contributed by atoms with Crippen LogP contribution in [0.1, 0.15) is 31.9 Å². The van der Waals surface area contributed by atoms with E-state index < -0.39 is 17.6 Å². The highest BCUT2D eigenvalue weighted by Crippen LogP contribution is 2.32. The molecule has 0 radical (unpaired) electrons. The summed E-state index contributed by atoms with van der Waals surface area (Å²) in [6.45, 7) is 6.41. The van der Waals surface area contributed by atoms with E-state index in [9.17, 15) is 18.0 Å². The average molecular weight is 353 g/mol. The molecule has 0 fully saturated rings. The summed E-state index contributed by atoms with van der Waals surface area (Å²) in [5.41, 5.74) is -1.06. The summed E-state index contributed by atoms with van der Waals surface area (Å²) in [5, 5.41) is 2.87. The molecule has 7 heteroatoms. The molecule has 0 aliphatic rings. The zero-order valence-corrected chi connectivity index (χ0v) is 14.5. The predicted molar refractivity (Wildman–Crippen MR) is 88.8 cm³/mol. The standard InChI is InChI=1S/C18H22F3N3O/c1-17(2,3)15(11-24-9-8-22-12-24)23-16(25)10-13-6-4-5-7-14(13)18(19,20)21/h4-9,12,15H,10-11H2,1-3H3,(H,23,25)/t15-/m0/s1. The molecule has 0 aliphatic heterocycles. The van der Waals surface area contributed by atoms with Crippen LogP contribution in [0.2, 0.25) is 0 Å². The summed E-state index contributed by atoms with van der Waals surface area (Å²) in [6, 6.07) is 4.91. The number of carbonyl (C=O) groups excluding carboxylic acids is 1. The number of amides is 1. The summed E-state index contributed by atoms with van der Waals surface area (Å²) in [5.74, 6) is -0.434. The Balaban J connectivity index is 2.12. The van der Waals surface area contributed by atoms with Crippen LogP contribution in [0.15, 0.2) is 43.0 Å². The second-order valence-electron chi connectivity index (χ2n) is 7.08. The largest absolute Gasteiger partial charge is 0.416 e. The number of rotatable bonds is 5. The van der Waals surface area contributed by atoms with Crippen molar-refractivity contribution in [2.75, 3.05) is 0 Å². The van der Waals surface area contributed by atoms with Crippen molar-refractivity contribution in [3.05, 3.63) is 54.1 Å². The van der Waals surface area contributed by atoms with Crippen molar-refractivity contribution in [2.45, 2.75) is 46.0 Å². The summed E-state index contributed by atoms with van der Waals surface area (Å²) in [4.78, 5) is 16.3. The molecule has 1 heterocycles. The lowest BCUT2D eigenvalue weighted by Gasteiger charge is -2.32. The molecule has 136 valence electrons. The van der Waals surface area contributed by atoms with Gasteiger partial charge in [-0.3, -0.25) is 4.79 Å². The fourth-order valence-electron chi connectivity index (χ4n) is 2.51. The van der Waals surface area contributed by atoms with Gasteiger partial charge in [-0.25, -0.2) is 4.98 Å². The Hall–Kier alpha value is -2.31. The van der Waals surface area contributed by atoms with Gasteiger partial charge in [-0.2, -0.15) is 13.2 Å². The minimum Gasteiger partial charge on any atom is -0.351 e. The van der Waals surface area contributed by atoms with Gasteiger partial charge in [-0.05, 0) is 17.0 Å². The topological polar surface area (TPSA) is 46.9 Å². The quantitative estimate of drug-likeness (QED) is 0.891. The van der Waals surface area contributed by atoms with E-state index in [1.165, 1.54) is 18.2 Å². The van der Waals surface area contributed by atoms with E-state index >= 15 is 0 Å². The summed E-state index contributed by atoms with van der Waals surface area (Å²) in [7, 11) is 0. The van der Waals surface area contributed by atoms with Gasteiger partial charge in [0.1, 0.15) is 0 Å². The highest BCUT2D eigenvalue weighted by molar-refractivity contribution is 5.79. The number of nitrogens with zero attached hydrogens (tertiary/aromatic N) is 2. The molecule has 2 aromatic rings. The normalized spacial score (nSPS) is 13.5. The van der Waals surface area contributed by atoms with Crippen LogP contribution in [0.4, 0.5) is 13.2 Å². The van der Waals surface area contributed by atoms with Crippen molar-refractivity contribution in [2.24, 2.45) is 5.41 Å². The van der Waals surface area contributed by atoms with E-state index in [0.29, 0.717) is 6.54 Å². The predicted octanol–water partition coefficient (Wildman–Crippen LogP) is 3.68. The second kappa shape index (κ2) is 7.29. The third-order valence-corrected chi connectivity index (χ3v) is 4.01. The molecule has 0 saturated carbocycles. The number of benzene rings is 1. The van der Waals surface area contributed by atoms with Crippen LogP contribution in [-0.2, 0) is 23.9 Å². The highest BCUT2D eigenvalue weighted by Gasteiger charge is 2.34. The number of hydrogen-bond donors (Lipinski definition) is 1. The van der Waals surface area contributed by atoms with Crippen molar-refractivity contribution in [1.29, 1.82) is 0 Å². The van der Waals surface area contributed by atoms with Crippen LogP contribution in [0, 0.1) is 5.41 Å². The Bertz CT molecular complexity index is 703. The first kappa shape index (κ1) is 19.0. The smallest absolute Gasteiger partial charge is 0.351 e. The maximum Gasteiger partial charge on any atom is 0.416 e.